The van der Waals surface area contributed by atoms with Gasteiger partial charge in [-0.3, -0.25) is 0 Å². The largest absolute Gasteiger partial charge is 0.478 e. The molecule has 4 heterocycles. The number of hydrogen-bond donors (Lipinski definition) is 1. The predicted molar refractivity (Wildman–Crippen MR) is 115 cm³/mol. The minimum atomic E-state index is 0.645. The average molecular weight is 417 g/mol. The summed E-state index contributed by atoms with van der Waals surface area (Å²) in [7, 11) is 4.12. The van der Waals surface area contributed by atoms with Gasteiger partial charge in [0.15, 0.2) is 0 Å². The van der Waals surface area contributed by atoms with Crippen LogP contribution in [0.5, 0.6) is 5.88 Å². The van der Waals surface area contributed by atoms with Crippen molar-refractivity contribution in [2.24, 2.45) is 5.92 Å². The van der Waals surface area contributed by atoms with Gasteiger partial charge in [0.25, 0.3) is 0 Å². The van der Waals surface area contributed by atoms with Crippen molar-refractivity contribution in [3.05, 3.63) is 24.5 Å². The van der Waals surface area contributed by atoms with Gasteiger partial charge in [0.1, 0.15) is 0 Å². The Labute approximate surface area is 174 Å². The van der Waals surface area contributed by atoms with Gasteiger partial charge >= 0.3 is 0 Å². The van der Waals surface area contributed by atoms with E-state index in [1.54, 1.807) is 17.5 Å². The first-order chi connectivity index (χ1) is 14.2. The first-order valence-electron chi connectivity index (χ1n) is 10.1. The third kappa shape index (κ3) is 5.43. The van der Waals surface area contributed by atoms with Crippen LogP contribution in [0.15, 0.2) is 24.5 Å². The molecule has 4 rings (SSSR count). The summed E-state index contributed by atoms with van der Waals surface area (Å²) in [4.78, 5) is 12.1. The summed E-state index contributed by atoms with van der Waals surface area (Å²) in [5.41, 5.74) is 1.83. The Morgan fingerprint density at radius 3 is 2.90 bits per heavy atom. The molecule has 0 bridgehead atoms. The molecule has 0 radical (unpaired) electrons. The fourth-order valence-electron chi connectivity index (χ4n) is 3.27. The maximum atomic E-state index is 5.69. The highest BCUT2D eigenvalue weighted by molar-refractivity contribution is 7.20. The van der Waals surface area contributed by atoms with E-state index in [0.29, 0.717) is 18.4 Å². The van der Waals surface area contributed by atoms with Crippen molar-refractivity contribution in [1.29, 1.82) is 0 Å². The number of aromatic nitrogens is 4. The smallest absolute Gasteiger partial charge is 0.214 e. The van der Waals surface area contributed by atoms with Crippen LogP contribution in [0.3, 0.4) is 0 Å². The Morgan fingerprint density at radius 2 is 2.17 bits per heavy atom. The molecule has 156 valence electrons. The third-order valence-electron chi connectivity index (χ3n) is 4.96. The number of nitrogens with zero attached hydrogens (tertiary/aromatic N) is 5. The molecule has 1 fully saturated rings. The van der Waals surface area contributed by atoms with Crippen LogP contribution in [0, 0.1) is 5.92 Å². The molecule has 0 saturated carbocycles. The van der Waals surface area contributed by atoms with E-state index in [9.17, 15) is 0 Å². The maximum Gasteiger partial charge on any atom is 0.214 e. The minimum absolute atomic E-state index is 0.645. The van der Waals surface area contributed by atoms with Crippen LogP contribution in [0.2, 0.25) is 0 Å². The number of nitrogens with one attached hydrogen (secondary N) is 1. The molecule has 0 amide bonds. The van der Waals surface area contributed by atoms with Crippen molar-refractivity contribution in [3.8, 4) is 17.1 Å². The first-order valence-corrected chi connectivity index (χ1v) is 10.9. The third-order valence-corrected chi connectivity index (χ3v) is 5.84. The Kier molecular flexibility index (Phi) is 6.58. The number of ether oxygens (including phenoxy) is 2. The van der Waals surface area contributed by atoms with Crippen LogP contribution >= 0.6 is 11.3 Å². The second-order valence-electron chi connectivity index (χ2n) is 7.59. The molecule has 1 saturated heterocycles. The van der Waals surface area contributed by atoms with E-state index in [-0.39, 0.29) is 0 Å². The zero-order valence-electron chi connectivity index (χ0n) is 17.0. The fraction of sp³-hybridized carbons (Fsp3) is 0.550. The van der Waals surface area contributed by atoms with E-state index < -0.39 is 0 Å². The molecule has 1 aliphatic heterocycles. The van der Waals surface area contributed by atoms with Crippen LogP contribution in [0.1, 0.15) is 19.3 Å². The molecule has 29 heavy (non-hydrogen) atoms. The van der Waals surface area contributed by atoms with Gasteiger partial charge in [0.2, 0.25) is 16.0 Å². The van der Waals surface area contributed by atoms with Crippen molar-refractivity contribution in [3.63, 3.8) is 0 Å². The van der Waals surface area contributed by atoms with E-state index >= 15 is 0 Å². The van der Waals surface area contributed by atoms with Crippen LogP contribution in [-0.4, -0.2) is 71.5 Å². The van der Waals surface area contributed by atoms with Crippen molar-refractivity contribution >= 4 is 21.4 Å². The molecule has 0 aliphatic carbocycles. The molecule has 9 heteroatoms. The van der Waals surface area contributed by atoms with E-state index in [1.165, 1.54) is 0 Å². The van der Waals surface area contributed by atoms with E-state index in [4.69, 9.17) is 14.5 Å². The SMILES string of the molecule is CN(C)CCCOc1ccc(-c2cn3nc(NCC4CCOCC4)sc3n2)cn1. The Morgan fingerprint density at radius 1 is 1.31 bits per heavy atom. The summed E-state index contributed by atoms with van der Waals surface area (Å²) < 4.78 is 12.9. The number of anilines is 1. The van der Waals surface area contributed by atoms with E-state index in [2.05, 4.69) is 34.4 Å². The lowest BCUT2D eigenvalue weighted by atomic mass is 10.0. The molecule has 8 nitrogen and oxygen atoms in total. The van der Waals surface area contributed by atoms with Gasteiger partial charge in [-0.15, -0.1) is 5.10 Å². The fourth-order valence-corrected chi connectivity index (χ4v) is 4.06. The van der Waals surface area contributed by atoms with Gasteiger partial charge in [-0.05, 0) is 45.3 Å². The van der Waals surface area contributed by atoms with Crippen molar-refractivity contribution in [2.45, 2.75) is 19.3 Å². The molecule has 0 spiro atoms. The lowest BCUT2D eigenvalue weighted by Crippen LogP contribution is -2.22. The van der Waals surface area contributed by atoms with Crippen LogP contribution in [0.4, 0.5) is 5.13 Å². The lowest BCUT2D eigenvalue weighted by molar-refractivity contribution is 0.0699. The molecule has 3 aromatic rings. The van der Waals surface area contributed by atoms with Gasteiger partial charge in [0.05, 0.1) is 18.5 Å². The van der Waals surface area contributed by atoms with E-state index in [1.807, 2.05) is 22.8 Å². The van der Waals surface area contributed by atoms with Gasteiger partial charge in [-0.2, -0.15) is 0 Å². The van der Waals surface area contributed by atoms with E-state index in [0.717, 1.165) is 66.9 Å². The quantitative estimate of drug-likeness (QED) is 0.537. The molecule has 0 atom stereocenters. The second kappa shape index (κ2) is 9.51. The van der Waals surface area contributed by atoms with Crippen LogP contribution < -0.4 is 10.1 Å². The number of imidazole rings is 1. The van der Waals surface area contributed by atoms with Gasteiger partial charge in [-0.1, -0.05) is 11.3 Å². The normalized spacial score (nSPS) is 15.3. The zero-order valence-corrected chi connectivity index (χ0v) is 17.8. The molecule has 0 unspecified atom stereocenters. The number of rotatable bonds is 9. The maximum absolute atomic E-state index is 5.69. The zero-order chi connectivity index (χ0) is 20.1. The minimum Gasteiger partial charge on any atom is -0.478 e. The van der Waals surface area contributed by atoms with Crippen LogP contribution in [0.25, 0.3) is 16.2 Å². The summed E-state index contributed by atoms with van der Waals surface area (Å²) in [6.07, 6.45) is 6.95. The van der Waals surface area contributed by atoms with Crippen molar-refractivity contribution < 1.29 is 9.47 Å². The highest BCUT2D eigenvalue weighted by atomic mass is 32.1. The molecular weight excluding hydrogens is 388 g/mol. The summed E-state index contributed by atoms with van der Waals surface area (Å²) in [5.74, 6) is 1.30. The van der Waals surface area contributed by atoms with Gasteiger partial charge in [-0.25, -0.2) is 14.5 Å². The second-order valence-corrected chi connectivity index (χ2v) is 8.54. The molecular formula is C20H28N6O2S. The van der Waals surface area contributed by atoms with Crippen molar-refractivity contribution in [2.75, 3.05) is 52.3 Å². The topological polar surface area (TPSA) is 76.8 Å². The average Bonchev–Trinajstić information content (AvgIpc) is 3.30. The molecule has 1 aliphatic rings. The standard InChI is InChI=1S/C20H28N6O2S/c1-25(2)8-3-9-28-18-5-4-16(13-21-18)17-14-26-20(23-17)29-19(24-26)22-12-15-6-10-27-11-7-15/h4-5,13-15H,3,6-12H2,1-2H3,(H,22,24). The predicted octanol–water partition coefficient (Wildman–Crippen LogP) is 3.02. The summed E-state index contributed by atoms with van der Waals surface area (Å²) >= 11 is 1.57. The van der Waals surface area contributed by atoms with Gasteiger partial charge < -0.3 is 19.7 Å². The number of fused-ring (bicyclic) bond motifs is 1. The lowest BCUT2D eigenvalue weighted by Gasteiger charge is -2.21. The Bertz CT molecular complexity index is 870. The molecule has 3 aromatic heterocycles. The van der Waals surface area contributed by atoms with Crippen molar-refractivity contribution in [1.82, 2.24) is 24.5 Å². The summed E-state index contributed by atoms with van der Waals surface area (Å²) in [6, 6.07) is 3.89. The molecule has 0 aromatic carbocycles. The first kappa shape index (κ1) is 20.1. The van der Waals surface area contributed by atoms with Gasteiger partial charge in [0, 0.05) is 44.1 Å². The number of pyridine rings is 1. The Balaban J connectivity index is 1.32. The monoisotopic (exact) mass is 416 g/mol. The highest BCUT2D eigenvalue weighted by Crippen LogP contribution is 2.25. The summed E-state index contributed by atoms with van der Waals surface area (Å²) in [6.45, 7) is 4.34. The van der Waals surface area contributed by atoms with Crippen LogP contribution in [-0.2, 0) is 4.74 Å². The molecule has 1 N–H and O–H groups in total. The summed E-state index contributed by atoms with van der Waals surface area (Å²) in [5, 5.41) is 8.96. The highest BCUT2D eigenvalue weighted by Gasteiger charge is 2.15. The Hall–Kier alpha value is -2.23. The number of hydrogen-bond acceptors (Lipinski definition) is 8.